The molecule has 2 aromatic rings. The van der Waals surface area contributed by atoms with Gasteiger partial charge in [-0.1, -0.05) is 12.1 Å². The first kappa shape index (κ1) is 19.2. The van der Waals surface area contributed by atoms with Crippen molar-refractivity contribution in [3.8, 4) is 11.5 Å². The van der Waals surface area contributed by atoms with E-state index in [1.165, 1.54) is 28.6 Å². The monoisotopic (exact) mass is 390 g/mol. The van der Waals surface area contributed by atoms with E-state index in [9.17, 15) is 13.2 Å². The van der Waals surface area contributed by atoms with E-state index in [1.54, 1.807) is 7.11 Å². The number of nitrogens with two attached hydrogens (primary N) is 1. The summed E-state index contributed by atoms with van der Waals surface area (Å²) in [5.74, 6) is 0.532. The van der Waals surface area contributed by atoms with E-state index in [1.807, 2.05) is 24.3 Å². The van der Waals surface area contributed by atoms with Crippen LogP contribution in [0.2, 0.25) is 0 Å². The molecule has 8 heteroatoms. The Morgan fingerprint density at radius 2 is 1.74 bits per heavy atom. The molecule has 0 aromatic heterocycles. The number of ether oxygens (including phenoxy) is 2. The number of amides is 1. The van der Waals surface area contributed by atoms with Gasteiger partial charge in [0.2, 0.25) is 10.0 Å². The molecule has 0 bridgehead atoms. The fourth-order valence-corrected chi connectivity index (χ4v) is 4.87. The van der Waals surface area contributed by atoms with Gasteiger partial charge in [0, 0.05) is 6.54 Å². The summed E-state index contributed by atoms with van der Waals surface area (Å²) >= 11 is 0. The van der Waals surface area contributed by atoms with E-state index in [-0.39, 0.29) is 17.5 Å². The number of hydrogen-bond acceptors (Lipinski definition) is 5. The number of methoxy groups -OCH3 is 1. The van der Waals surface area contributed by atoms with Gasteiger partial charge in [0.1, 0.15) is 11.5 Å². The molecule has 2 N–H and O–H groups in total. The van der Waals surface area contributed by atoms with Crippen LogP contribution in [0.15, 0.2) is 53.4 Å². The Bertz CT molecular complexity index is 895. The standard InChI is InChI=1S/C19H22N2O5S/c1-25-15-6-4-14(5-7-15)18-3-2-12-21(18)27(23,24)17-10-8-16(9-11-17)26-13-19(20)22/h4-11,18H,2-3,12-13H2,1H3,(H2,20,22). The smallest absolute Gasteiger partial charge is 0.255 e. The minimum Gasteiger partial charge on any atom is -0.497 e. The summed E-state index contributed by atoms with van der Waals surface area (Å²) < 4.78 is 38.1. The lowest BCUT2D eigenvalue weighted by molar-refractivity contribution is -0.119. The van der Waals surface area contributed by atoms with E-state index in [4.69, 9.17) is 15.2 Å². The molecule has 0 saturated carbocycles. The van der Waals surface area contributed by atoms with Crippen LogP contribution in [0.4, 0.5) is 0 Å². The number of benzene rings is 2. The Hall–Kier alpha value is -2.58. The Labute approximate surface area is 158 Å². The van der Waals surface area contributed by atoms with Gasteiger partial charge < -0.3 is 15.2 Å². The van der Waals surface area contributed by atoms with Crippen molar-refractivity contribution in [2.75, 3.05) is 20.3 Å². The number of carbonyl (C=O) groups is 1. The third kappa shape index (κ3) is 4.23. The Balaban J connectivity index is 1.81. The predicted octanol–water partition coefficient (Wildman–Crippen LogP) is 2.09. The molecule has 1 atom stereocenters. The lowest BCUT2D eigenvalue weighted by Crippen LogP contribution is -2.30. The van der Waals surface area contributed by atoms with Gasteiger partial charge in [-0.05, 0) is 54.8 Å². The van der Waals surface area contributed by atoms with Crippen LogP contribution in [0.5, 0.6) is 11.5 Å². The van der Waals surface area contributed by atoms with E-state index in [2.05, 4.69) is 0 Å². The van der Waals surface area contributed by atoms with Crippen molar-refractivity contribution in [3.05, 3.63) is 54.1 Å². The minimum absolute atomic E-state index is 0.189. The number of nitrogens with zero attached hydrogens (tertiary/aromatic N) is 1. The van der Waals surface area contributed by atoms with Gasteiger partial charge in [0.25, 0.3) is 5.91 Å². The fourth-order valence-electron chi connectivity index (χ4n) is 3.18. The number of carbonyl (C=O) groups excluding carboxylic acids is 1. The molecule has 0 spiro atoms. The molecule has 7 nitrogen and oxygen atoms in total. The average molecular weight is 390 g/mol. The zero-order valence-electron chi connectivity index (χ0n) is 15.0. The lowest BCUT2D eigenvalue weighted by atomic mass is 10.1. The van der Waals surface area contributed by atoms with Crippen molar-refractivity contribution in [3.63, 3.8) is 0 Å². The molecular weight excluding hydrogens is 368 g/mol. The maximum atomic E-state index is 13.1. The van der Waals surface area contributed by atoms with Crippen LogP contribution in [0, 0.1) is 0 Å². The molecule has 2 aromatic carbocycles. The zero-order valence-corrected chi connectivity index (χ0v) is 15.8. The van der Waals surface area contributed by atoms with E-state index >= 15 is 0 Å². The second-order valence-electron chi connectivity index (χ2n) is 6.27. The number of hydrogen-bond donors (Lipinski definition) is 1. The molecular formula is C19H22N2O5S. The summed E-state index contributed by atoms with van der Waals surface area (Å²) in [5.41, 5.74) is 5.98. The van der Waals surface area contributed by atoms with Crippen molar-refractivity contribution in [2.24, 2.45) is 5.73 Å². The van der Waals surface area contributed by atoms with Gasteiger partial charge in [-0.15, -0.1) is 0 Å². The fraction of sp³-hybridized carbons (Fsp3) is 0.316. The summed E-state index contributed by atoms with van der Waals surface area (Å²) in [6, 6.07) is 13.3. The van der Waals surface area contributed by atoms with Crippen LogP contribution >= 0.6 is 0 Å². The Morgan fingerprint density at radius 3 is 2.33 bits per heavy atom. The van der Waals surface area contributed by atoms with Crippen LogP contribution in [0.1, 0.15) is 24.4 Å². The van der Waals surface area contributed by atoms with Crippen molar-refractivity contribution < 1.29 is 22.7 Å². The van der Waals surface area contributed by atoms with Gasteiger partial charge in [0.15, 0.2) is 6.61 Å². The Kier molecular flexibility index (Phi) is 5.67. The molecule has 1 amide bonds. The van der Waals surface area contributed by atoms with Gasteiger partial charge in [-0.2, -0.15) is 4.31 Å². The third-order valence-corrected chi connectivity index (χ3v) is 6.44. The molecule has 1 fully saturated rings. The van der Waals surface area contributed by atoms with Crippen LogP contribution < -0.4 is 15.2 Å². The highest BCUT2D eigenvalue weighted by molar-refractivity contribution is 7.89. The van der Waals surface area contributed by atoms with Crippen molar-refractivity contribution >= 4 is 15.9 Å². The first-order valence-corrected chi connectivity index (χ1v) is 10.0. The first-order valence-electron chi connectivity index (χ1n) is 8.59. The zero-order chi connectivity index (χ0) is 19.4. The van der Waals surface area contributed by atoms with Gasteiger partial charge >= 0.3 is 0 Å². The number of primary amides is 1. The van der Waals surface area contributed by atoms with Gasteiger partial charge in [0.05, 0.1) is 18.0 Å². The molecule has 3 rings (SSSR count). The molecule has 0 radical (unpaired) electrons. The summed E-state index contributed by atoms with van der Waals surface area (Å²) in [6.07, 6.45) is 1.57. The lowest BCUT2D eigenvalue weighted by Gasteiger charge is -2.24. The highest BCUT2D eigenvalue weighted by Crippen LogP contribution is 2.37. The van der Waals surface area contributed by atoms with Crippen LogP contribution in [-0.4, -0.2) is 38.9 Å². The molecule has 0 aliphatic carbocycles. The second kappa shape index (κ2) is 7.98. The minimum atomic E-state index is -3.64. The van der Waals surface area contributed by atoms with Crippen LogP contribution in [0.3, 0.4) is 0 Å². The SMILES string of the molecule is COc1ccc(C2CCCN2S(=O)(=O)c2ccc(OCC(N)=O)cc2)cc1. The molecule has 27 heavy (non-hydrogen) atoms. The second-order valence-corrected chi connectivity index (χ2v) is 8.16. The third-order valence-electron chi connectivity index (χ3n) is 4.52. The van der Waals surface area contributed by atoms with Crippen molar-refractivity contribution in [1.82, 2.24) is 4.31 Å². The maximum absolute atomic E-state index is 13.1. The quantitative estimate of drug-likeness (QED) is 0.780. The molecule has 1 aliphatic heterocycles. The number of sulfonamides is 1. The largest absolute Gasteiger partial charge is 0.497 e. The van der Waals surface area contributed by atoms with E-state index < -0.39 is 15.9 Å². The highest BCUT2D eigenvalue weighted by Gasteiger charge is 2.36. The molecule has 1 heterocycles. The van der Waals surface area contributed by atoms with E-state index in [0.717, 1.165) is 24.2 Å². The molecule has 144 valence electrons. The van der Waals surface area contributed by atoms with Gasteiger partial charge in [-0.25, -0.2) is 8.42 Å². The average Bonchev–Trinajstić information content (AvgIpc) is 3.17. The normalized spacial score (nSPS) is 17.6. The van der Waals surface area contributed by atoms with Crippen LogP contribution in [0.25, 0.3) is 0 Å². The van der Waals surface area contributed by atoms with Gasteiger partial charge in [-0.3, -0.25) is 4.79 Å². The highest BCUT2D eigenvalue weighted by atomic mass is 32.2. The Morgan fingerprint density at radius 1 is 1.11 bits per heavy atom. The summed E-state index contributed by atoms with van der Waals surface area (Å²) in [6.45, 7) is 0.219. The molecule has 1 saturated heterocycles. The van der Waals surface area contributed by atoms with Crippen molar-refractivity contribution in [1.29, 1.82) is 0 Å². The predicted molar refractivity (Wildman–Crippen MR) is 100.0 cm³/mol. The number of rotatable bonds is 7. The summed E-state index contributed by atoms with van der Waals surface area (Å²) in [5, 5.41) is 0. The topological polar surface area (TPSA) is 98.9 Å². The first-order chi connectivity index (χ1) is 12.9. The summed E-state index contributed by atoms with van der Waals surface area (Å²) in [4.78, 5) is 11.0. The van der Waals surface area contributed by atoms with Crippen LogP contribution in [-0.2, 0) is 14.8 Å². The summed E-state index contributed by atoms with van der Waals surface area (Å²) in [7, 11) is -2.05. The maximum Gasteiger partial charge on any atom is 0.255 e. The molecule has 1 aliphatic rings. The molecule has 1 unspecified atom stereocenters. The van der Waals surface area contributed by atoms with E-state index in [0.29, 0.717) is 12.3 Å². The van der Waals surface area contributed by atoms with Crippen molar-refractivity contribution in [2.45, 2.75) is 23.8 Å².